The van der Waals surface area contributed by atoms with Crippen LogP contribution in [0, 0.1) is 6.92 Å². The molecule has 0 aliphatic heterocycles. The molecule has 0 saturated heterocycles. The normalized spacial score (nSPS) is 11.1. The summed E-state index contributed by atoms with van der Waals surface area (Å²) in [6.07, 6.45) is 5.33. The van der Waals surface area contributed by atoms with Crippen molar-refractivity contribution in [3.8, 4) is 0 Å². The van der Waals surface area contributed by atoms with Crippen LogP contribution in [-0.2, 0) is 4.74 Å². The molecule has 0 aliphatic rings. The molecular formula is C8H11NO2. The van der Waals surface area contributed by atoms with Crippen molar-refractivity contribution in [1.29, 1.82) is 0 Å². The zero-order valence-corrected chi connectivity index (χ0v) is 6.70. The minimum atomic E-state index is 0.585. The van der Waals surface area contributed by atoms with Crippen LogP contribution in [0.25, 0.3) is 6.08 Å². The highest BCUT2D eigenvalue weighted by molar-refractivity contribution is 5.37. The average Bonchev–Trinajstić information content (AvgIpc) is 2.37. The first-order valence-electron chi connectivity index (χ1n) is 3.41. The molecule has 1 rings (SSSR count). The van der Waals surface area contributed by atoms with E-state index in [0.717, 1.165) is 5.76 Å². The van der Waals surface area contributed by atoms with Gasteiger partial charge in [-0.25, -0.2) is 4.98 Å². The molecule has 0 radical (unpaired) electrons. The number of hydrogen-bond acceptors (Lipinski definition) is 3. The van der Waals surface area contributed by atoms with Gasteiger partial charge in [0.1, 0.15) is 5.76 Å². The van der Waals surface area contributed by atoms with Crippen LogP contribution in [0.5, 0.6) is 0 Å². The number of aryl methyl sites for hydroxylation is 1. The summed E-state index contributed by atoms with van der Waals surface area (Å²) in [5, 5.41) is 0. The van der Waals surface area contributed by atoms with Crippen LogP contribution >= 0.6 is 0 Å². The molecule has 0 bridgehead atoms. The predicted molar refractivity (Wildman–Crippen MR) is 42.2 cm³/mol. The topological polar surface area (TPSA) is 35.3 Å². The first kappa shape index (κ1) is 8.01. The molecule has 3 nitrogen and oxygen atoms in total. The quantitative estimate of drug-likeness (QED) is 0.662. The van der Waals surface area contributed by atoms with Crippen molar-refractivity contribution in [3.05, 3.63) is 23.9 Å². The van der Waals surface area contributed by atoms with Crippen molar-refractivity contribution in [2.45, 2.75) is 6.92 Å². The maximum Gasteiger partial charge on any atom is 0.218 e. The van der Waals surface area contributed by atoms with E-state index in [-0.39, 0.29) is 0 Å². The SMILES string of the molecule is COCC=Cc1ncc(C)o1. The molecule has 3 heteroatoms. The second kappa shape index (κ2) is 3.93. The standard InChI is InChI=1S/C8H11NO2/c1-7-6-9-8(11-7)4-3-5-10-2/h3-4,6H,5H2,1-2H3. The lowest BCUT2D eigenvalue weighted by molar-refractivity contribution is 0.234. The number of nitrogens with zero attached hydrogens (tertiary/aromatic N) is 1. The Morgan fingerprint density at radius 1 is 1.73 bits per heavy atom. The van der Waals surface area contributed by atoms with E-state index < -0.39 is 0 Å². The third-order valence-electron chi connectivity index (χ3n) is 1.16. The monoisotopic (exact) mass is 153 g/mol. The van der Waals surface area contributed by atoms with Gasteiger partial charge in [0, 0.05) is 7.11 Å². The fourth-order valence-electron chi connectivity index (χ4n) is 0.694. The number of methoxy groups -OCH3 is 1. The summed E-state index contributed by atoms with van der Waals surface area (Å²) in [7, 11) is 1.64. The Labute approximate surface area is 65.7 Å². The molecule has 1 heterocycles. The van der Waals surface area contributed by atoms with Crippen molar-refractivity contribution in [2.24, 2.45) is 0 Å². The van der Waals surface area contributed by atoms with Gasteiger partial charge in [0.2, 0.25) is 5.89 Å². The average molecular weight is 153 g/mol. The van der Waals surface area contributed by atoms with Gasteiger partial charge in [0.25, 0.3) is 0 Å². The van der Waals surface area contributed by atoms with Crippen LogP contribution < -0.4 is 0 Å². The van der Waals surface area contributed by atoms with Gasteiger partial charge in [0.05, 0.1) is 12.8 Å². The van der Waals surface area contributed by atoms with E-state index in [2.05, 4.69) is 4.98 Å². The second-order valence-corrected chi connectivity index (χ2v) is 2.17. The zero-order valence-electron chi connectivity index (χ0n) is 6.70. The Balaban J connectivity index is 2.50. The molecule has 1 aromatic rings. The zero-order chi connectivity index (χ0) is 8.10. The molecule has 0 unspecified atom stereocenters. The van der Waals surface area contributed by atoms with E-state index in [1.165, 1.54) is 0 Å². The highest BCUT2D eigenvalue weighted by Gasteiger charge is 1.92. The van der Waals surface area contributed by atoms with Gasteiger partial charge in [-0.1, -0.05) is 6.08 Å². The second-order valence-electron chi connectivity index (χ2n) is 2.17. The van der Waals surface area contributed by atoms with Crippen molar-refractivity contribution >= 4 is 6.08 Å². The van der Waals surface area contributed by atoms with Gasteiger partial charge in [-0.3, -0.25) is 0 Å². The van der Waals surface area contributed by atoms with Crippen LogP contribution in [0.15, 0.2) is 16.7 Å². The van der Waals surface area contributed by atoms with Gasteiger partial charge in [0.15, 0.2) is 0 Å². The third kappa shape index (κ3) is 2.55. The molecule has 0 aromatic carbocycles. The Morgan fingerprint density at radius 2 is 2.55 bits per heavy atom. The number of hydrogen-bond donors (Lipinski definition) is 0. The van der Waals surface area contributed by atoms with E-state index in [0.29, 0.717) is 12.5 Å². The maximum atomic E-state index is 5.18. The number of rotatable bonds is 3. The van der Waals surface area contributed by atoms with Gasteiger partial charge in [-0.2, -0.15) is 0 Å². The summed E-state index contributed by atoms with van der Waals surface area (Å²) in [4.78, 5) is 3.98. The molecule has 0 aliphatic carbocycles. The minimum absolute atomic E-state index is 0.585. The Kier molecular flexibility index (Phi) is 2.86. The summed E-state index contributed by atoms with van der Waals surface area (Å²) < 4.78 is 9.99. The molecule has 0 atom stereocenters. The minimum Gasteiger partial charge on any atom is -0.442 e. The van der Waals surface area contributed by atoms with Crippen molar-refractivity contribution in [3.63, 3.8) is 0 Å². The van der Waals surface area contributed by atoms with Crippen molar-refractivity contribution < 1.29 is 9.15 Å². The smallest absolute Gasteiger partial charge is 0.218 e. The van der Waals surface area contributed by atoms with E-state index in [1.54, 1.807) is 19.4 Å². The first-order chi connectivity index (χ1) is 5.33. The van der Waals surface area contributed by atoms with Gasteiger partial charge >= 0.3 is 0 Å². The molecule has 0 saturated carbocycles. The summed E-state index contributed by atoms with van der Waals surface area (Å²) in [6, 6.07) is 0. The fourth-order valence-corrected chi connectivity index (χ4v) is 0.694. The van der Waals surface area contributed by atoms with E-state index in [4.69, 9.17) is 9.15 Å². The predicted octanol–water partition coefficient (Wildman–Crippen LogP) is 1.64. The molecule has 60 valence electrons. The fraction of sp³-hybridized carbons (Fsp3) is 0.375. The van der Waals surface area contributed by atoms with Gasteiger partial charge in [-0.15, -0.1) is 0 Å². The third-order valence-corrected chi connectivity index (χ3v) is 1.16. The highest BCUT2D eigenvalue weighted by atomic mass is 16.5. The highest BCUT2D eigenvalue weighted by Crippen LogP contribution is 2.02. The largest absolute Gasteiger partial charge is 0.442 e. The van der Waals surface area contributed by atoms with Crippen LogP contribution in [-0.4, -0.2) is 18.7 Å². The molecule has 0 fully saturated rings. The molecule has 0 spiro atoms. The summed E-state index contributed by atoms with van der Waals surface area (Å²) >= 11 is 0. The van der Waals surface area contributed by atoms with Gasteiger partial charge < -0.3 is 9.15 Å². The lowest BCUT2D eigenvalue weighted by Crippen LogP contribution is -1.79. The molecular weight excluding hydrogens is 142 g/mol. The molecule has 0 N–H and O–H groups in total. The Morgan fingerprint density at radius 3 is 3.09 bits per heavy atom. The van der Waals surface area contributed by atoms with Crippen LogP contribution in [0.2, 0.25) is 0 Å². The number of ether oxygens (including phenoxy) is 1. The van der Waals surface area contributed by atoms with E-state index >= 15 is 0 Å². The first-order valence-corrected chi connectivity index (χ1v) is 3.41. The van der Waals surface area contributed by atoms with E-state index in [9.17, 15) is 0 Å². The Hall–Kier alpha value is -1.09. The molecule has 1 aromatic heterocycles. The van der Waals surface area contributed by atoms with Gasteiger partial charge in [-0.05, 0) is 13.0 Å². The summed E-state index contributed by atoms with van der Waals surface area (Å²) in [6.45, 7) is 2.45. The summed E-state index contributed by atoms with van der Waals surface area (Å²) in [5.41, 5.74) is 0. The molecule has 11 heavy (non-hydrogen) atoms. The number of oxazole rings is 1. The van der Waals surface area contributed by atoms with Crippen LogP contribution in [0.4, 0.5) is 0 Å². The van der Waals surface area contributed by atoms with Crippen LogP contribution in [0.3, 0.4) is 0 Å². The van der Waals surface area contributed by atoms with E-state index in [1.807, 2.05) is 13.0 Å². The van der Waals surface area contributed by atoms with Crippen molar-refractivity contribution in [2.75, 3.05) is 13.7 Å². The summed E-state index contributed by atoms with van der Waals surface area (Å²) in [5.74, 6) is 1.45. The maximum absolute atomic E-state index is 5.18. The van der Waals surface area contributed by atoms with Crippen molar-refractivity contribution in [1.82, 2.24) is 4.98 Å². The Bertz CT molecular complexity index is 240. The van der Waals surface area contributed by atoms with Crippen LogP contribution in [0.1, 0.15) is 11.7 Å². The number of aromatic nitrogens is 1. The molecule has 0 amide bonds. The lowest BCUT2D eigenvalue weighted by Gasteiger charge is -1.85. The lowest BCUT2D eigenvalue weighted by atomic mass is 10.5.